The van der Waals surface area contributed by atoms with Gasteiger partial charge in [0.15, 0.2) is 5.11 Å². The highest BCUT2D eigenvalue weighted by molar-refractivity contribution is 7.80. The highest BCUT2D eigenvalue weighted by Gasteiger charge is 2.38. The minimum absolute atomic E-state index is 0.0280. The lowest BCUT2D eigenvalue weighted by molar-refractivity contribution is -0.127. The van der Waals surface area contributed by atoms with E-state index in [0.717, 1.165) is 0 Å². The molecule has 0 bridgehead atoms. The summed E-state index contributed by atoms with van der Waals surface area (Å²) in [6.45, 7) is 0. The zero-order valence-electron chi connectivity index (χ0n) is 10.8. The van der Waals surface area contributed by atoms with Gasteiger partial charge in [0.1, 0.15) is 0 Å². The van der Waals surface area contributed by atoms with Crippen LogP contribution < -0.4 is 0 Å². The van der Waals surface area contributed by atoms with Crippen LogP contribution in [0.15, 0.2) is 34.5 Å². The van der Waals surface area contributed by atoms with Gasteiger partial charge in [0.2, 0.25) is 6.17 Å². The van der Waals surface area contributed by atoms with Crippen molar-refractivity contribution in [3.63, 3.8) is 0 Å². The molecule has 1 fully saturated rings. The van der Waals surface area contributed by atoms with Crippen LogP contribution in [0, 0.1) is 0 Å². The van der Waals surface area contributed by atoms with Crippen molar-refractivity contribution in [1.82, 2.24) is 9.80 Å². The zero-order valence-corrected chi connectivity index (χ0v) is 11.7. The van der Waals surface area contributed by atoms with Gasteiger partial charge in [0, 0.05) is 14.1 Å². The summed E-state index contributed by atoms with van der Waals surface area (Å²) in [5, 5.41) is 17.2. The lowest BCUT2D eigenvalue weighted by Gasteiger charge is -2.13. The van der Waals surface area contributed by atoms with E-state index < -0.39 is 12.1 Å². The van der Waals surface area contributed by atoms with E-state index in [1.807, 2.05) is 0 Å². The van der Waals surface area contributed by atoms with E-state index in [0.29, 0.717) is 5.11 Å². The number of hydrogen-bond donors (Lipinski definition) is 1. The average molecular weight is 292 g/mol. The molecule has 0 spiro atoms. The van der Waals surface area contributed by atoms with Gasteiger partial charge in [-0.05, 0) is 24.4 Å². The van der Waals surface area contributed by atoms with Crippen LogP contribution in [0.4, 0.5) is 5.69 Å². The molecule has 1 heterocycles. The molecule has 0 radical (unpaired) electrons. The molecule has 0 unspecified atom stereocenters. The van der Waals surface area contributed by atoms with Gasteiger partial charge in [-0.25, -0.2) is 4.79 Å². The molecule has 104 valence electrons. The van der Waals surface area contributed by atoms with Crippen molar-refractivity contribution in [2.24, 2.45) is 10.2 Å². The van der Waals surface area contributed by atoms with Crippen LogP contribution in [0.25, 0.3) is 0 Å². The van der Waals surface area contributed by atoms with E-state index >= 15 is 0 Å². The van der Waals surface area contributed by atoms with Crippen molar-refractivity contribution in [1.29, 1.82) is 0 Å². The number of aromatic carboxylic acids is 1. The second-order valence-electron chi connectivity index (χ2n) is 4.20. The summed E-state index contributed by atoms with van der Waals surface area (Å²) in [7, 11) is 3.19. The van der Waals surface area contributed by atoms with Crippen molar-refractivity contribution < 1.29 is 14.7 Å². The van der Waals surface area contributed by atoms with Gasteiger partial charge in [0.25, 0.3) is 5.91 Å². The molecule has 1 N–H and O–H groups in total. The lowest BCUT2D eigenvalue weighted by atomic mass is 10.2. The summed E-state index contributed by atoms with van der Waals surface area (Å²) in [6.07, 6.45) is -0.852. The number of carboxylic acids is 1. The van der Waals surface area contributed by atoms with Crippen molar-refractivity contribution >= 4 is 34.9 Å². The maximum Gasteiger partial charge on any atom is 0.337 e. The van der Waals surface area contributed by atoms with Crippen LogP contribution in [0.5, 0.6) is 0 Å². The summed E-state index contributed by atoms with van der Waals surface area (Å²) < 4.78 is 0. The number of azo groups is 1. The largest absolute Gasteiger partial charge is 0.478 e. The van der Waals surface area contributed by atoms with E-state index in [1.165, 1.54) is 21.9 Å². The number of benzene rings is 1. The van der Waals surface area contributed by atoms with Crippen LogP contribution in [-0.2, 0) is 4.79 Å². The summed E-state index contributed by atoms with van der Waals surface area (Å²) in [6, 6.07) is 6.19. The summed E-state index contributed by atoms with van der Waals surface area (Å²) in [4.78, 5) is 25.7. The number of carbonyl (C=O) groups excluding carboxylic acids is 1. The molecule has 1 aliphatic heterocycles. The van der Waals surface area contributed by atoms with Gasteiger partial charge < -0.3 is 10.0 Å². The van der Waals surface area contributed by atoms with Crippen molar-refractivity contribution in [3.8, 4) is 0 Å². The van der Waals surface area contributed by atoms with Crippen LogP contribution >= 0.6 is 12.2 Å². The number of likely N-dealkylation sites (N-methyl/N-ethyl adjacent to an activating group) is 2. The molecule has 0 saturated carbocycles. The summed E-state index contributed by atoms with van der Waals surface area (Å²) in [5.74, 6) is -1.40. The number of thiocarbonyl (C=S) groups is 1. The van der Waals surface area contributed by atoms with Crippen LogP contribution in [0.3, 0.4) is 0 Å². The molecule has 1 aromatic carbocycles. The minimum Gasteiger partial charge on any atom is -0.478 e. The fraction of sp³-hybridized carbons (Fsp3) is 0.250. The number of carbonyl (C=O) groups is 2. The standard InChI is InChI=1S/C12H12N4O3S/c1-15-9(10(17)16(2)12(15)20)14-13-8-6-4-3-5-7(8)11(18)19/h3-6,9H,1-2H3,(H,18,19)/t9-/m0/s1. The van der Waals surface area contributed by atoms with Crippen molar-refractivity contribution in [3.05, 3.63) is 29.8 Å². The van der Waals surface area contributed by atoms with E-state index in [-0.39, 0.29) is 17.2 Å². The number of hydrogen-bond acceptors (Lipinski definition) is 5. The van der Waals surface area contributed by atoms with Crippen LogP contribution in [-0.4, -0.2) is 52.2 Å². The van der Waals surface area contributed by atoms with Gasteiger partial charge in [-0.2, -0.15) is 10.2 Å². The predicted octanol–water partition coefficient (Wildman–Crippen LogP) is 1.48. The average Bonchev–Trinajstić information content (AvgIpc) is 2.61. The molecular weight excluding hydrogens is 280 g/mol. The van der Waals surface area contributed by atoms with Crippen LogP contribution in [0.2, 0.25) is 0 Å². The number of nitrogens with zero attached hydrogens (tertiary/aromatic N) is 4. The Balaban J connectivity index is 2.29. The smallest absolute Gasteiger partial charge is 0.337 e. The third kappa shape index (κ3) is 2.37. The molecule has 0 aromatic heterocycles. The van der Waals surface area contributed by atoms with Crippen molar-refractivity contribution in [2.45, 2.75) is 6.17 Å². The number of carboxylic acid groups (broad SMARTS) is 1. The Kier molecular flexibility index (Phi) is 3.75. The highest BCUT2D eigenvalue weighted by atomic mass is 32.1. The van der Waals surface area contributed by atoms with E-state index in [9.17, 15) is 9.59 Å². The topological polar surface area (TPSA) is 85.6 Å². The maximum absolute atomic E-state index is 11.9. The van der Waals surface area contributed by atoms with Gasteiger partial charge in [-0.3, -0.25) is 9.69 Å². The van der Waals surface area contributed by atoms with Gasteiger partial charge in [-0.1, -0.05) is 12.1 Å². The van der Waals surface area contributed by atoms with Gasteiger partial charge in [-0.15, -0.1) is 0 Å². The minimum atomic E-state index is -1.10. The van der Waals surface area contributed by atoms with Gasteiger partial charge >= 0.3 is 5.97 Å². The molecule has 20 heavy (non-hydrogen) atoms. The lowest BCUT2D eigenvalue weighted by Crippen LogP contribution is -2.28. The SMILES string of the molecule is CN1C(=O)[C@@H](N=Nc2ccccc2C(=O)O)N(C)C1=S. The summed E-state index contributed by atoms with van der Waals surface area (Å²) >= 11 is 5.05. The monoisotopic (exact) mass is 292 g/mol. The predicted molar refractivity (Wildman–Crippen MR) is 74.8 cm³/mol. The molecule has 2 rings (SSSR count). The van der Waals surface area contributed by atoms with E-state index in [2.05, 4.69) is 10.2 Å². The normalized spacial score (nSPS) is 19.2. The summed E-state index contributed by atoms with van der Waals surface area (Å²) in [5.41, 5.74) is 0.224. The Hall–Kier alpha value is -2.35. The molecule has 1 aliphatic rings. The third-order valence-corrected chi connectivity index (χ3v) is 3.48. The zero-order chi connectivity index (χ0) is 14.9. The Labute approximate surface area is 120 Å². The van der Waals surface area contributed by atoms with Crippen LogP contribution in [0.1, 0.15) is 10.4 Å². The highest BCUT2D eigenvalue weighted by Crippen LogP contribution is 2.22. The second kappa shape index (κ2) is 5.33. The molecule has 1 aromatic rings. The fourth-order valence-corrected chi connectivity index (χ4v) is 1.95. The molecule has 0 aliphatic carbocycles. The van der Waals surface area contributed by atoms with Gasteiger partial charge in [0.05, 0.1) is 11.3 Å². The molecule has 1 amide bonds. The molecular formula is C12H12N4O3S. The quantitative estimate of drug-likeness (QED) is 0.673. The number of rotatable bonds is 3. The van der Waals surface area contributed by atoms with E-state index in [4.69, 9.17) is 17.3 Å². The first-order valence-electron chi connectivity index (χ1n) is 5.71. The van der Waals surface area contributed by atoms with Crippen molar-refractivity contribution in [2.75, 3.05) is 14.1 Å². The fourth-order valence-electron chi connectivity index (χ4n) is 1.76. The Morgan fingerprint density at radius 1 is 1.35 bits per heavy atom. The van der Waals surface area contributed by atoms with E-state index in [1.54, 1.807) is 26.2 Å². The molecule has 7 nitrogen and oxygen atoms in total. The maximum atomic E-state index is 11.9. The number of amides is 1. The Morgan fingerprint density at radius 2 is 2.00 bits per heavy atom. The molecule has 8 heteroatoms. The second-order valence-corrected chi connectivity index (χ2v) is 4.57. The molecule has 1 atom stereocenters. The first-order valence-corrected chi connectivity index (χ1v) is 6.12. The Bertz CT molecular complexity index is 616. The third-order valence-electron chi connectivity index (χ3n) is 2.92. The Morgan fingerprint density at radius 3 is 2.55 bits per heavy atom. The molecule has 1 saturated heterocycles. The first-order chi connectivity index (χ1) is 9.43. The first kappa shape index (κ1) is 14.1.